The van der Waals surface area contributed by atoms with Crippen molar-refractivity contribution in [3.63, 3.8) is 0 Å². The summed E-state index contributed by atoms with van der Waals surface area (Å²) in [5.74, 6) is 1.31. The van der Waals surface area contributed by atoms with E-state index >= 15 is 0 Å². The SMILES string of the molecule is COc1ccc(C(=O)N2CCc3ccc(CNC(=O)CSCc4ccc(F)cc4)cc32)cc1. The highest BCUT2D eigenvalue weighted by Gasteiger charge is 2.25. The van der Waals surface area contributed by atoms with Crippen molar-refractivity contribution in [3.05, 3.63) is 94.8 Å². The minimum atomic E-state index is -0.264. The van der Waals surface area contributed by atoms with Gasteiger partial charge < -0.3 is 15.0 Å². The van der Waals surface area contributed by atoms with Crippen molar-refractivity contribution in [1.29, 1.82) is 0 Å². The Bertz CT molecular complexity index is 1130. The number of rotatable bonds is 8. The molecule has 0 saturated heterocycles. The first-order chi connectivity index (χ1) is 16.0. The van der Waals surface area contributed by atoms with E-state index in [1.54, 1.807) is 48.4 Å². The minimum absolute atomic E-state index is 0.0465. The highest BCUT2D eigenvalue weighted by molar-refractivity contribution is 7.99. The number of thioether (sulfide) groups is 1. The van der Waals surface area contributed by atoms with Gasteiger partial charge in [0.2, 0.25) is 5.91 Å². The molecule has 1 N–H and O–H groups in total. The van der Waals surface area contributed by atoms with Gasteiger partial charge in [0, 0.05) is 30.1 Å². The molecule has 1 heterocycles. The van der Waals surface area contributed by atoms with Crippen molar-refractivity contribution < 1.29 is 18.7 Å². The number of nitrogens with zero attached hydrogens (tertiary/aromatic N) is 1. The van der Waals surface area contributed by atoms with Gasteiger partial charge in [0.25, 0.3) is 5.91 Å². The molecule has 0 saturated carbocycles. The molecule has 170 valence electrons. The number of hydrogen-bond acceptors (Lipinski definition) is 4. The summed E-state index contributed by atoms with van der Waals surface area (Å²) in [7, 11) is 1.60. The average Bonchev–Trinajstić information content (AvgIpc) is 3.27. The molecule has 33 heavy (non-hydrogen) atoms. The van der Waals surface area contributed by atoms with Crippen LogP contribution in [0.15, 0.2) is 66.7 Å². The van der Waals surface area contributed by atoms with Crippen LogP contribution in [0.1, 0.15) is 27.0 Å². The summed E-state index contributed by atoms with van der Waals surface area (Å²) < 4.78 is 18.1. The average molecular weight is 465 g/mol. The third kappa shape index (κ3) is 5.73. The standard InChI is InChI=1S/C26H25FN2O3S/c1-32-23-10-6-21(7-11-23)26(31)29-13-12-20-5-2-19(14-24(20)29)15-28-25(30)17-33-16-18-3-8-22(27)9-4-18/h2-11,14H,12-13,15-17H2,1H3,(H,28,30). The molecular formula is C26H25FN2O3S. The predicted octanol–water partition coefficient (Wildman–Crippen LogP) is 4.59. The number of ether oxygens (including phenoxy) is 1. The monoisotopic (exact) mass is 464 g/mol. The Labute approximate surface area is 196 Å². The quantitative estimate of drug-likeness (QED) is 0.530. The molecule has 7 heteroatoms. The number of nitrogens with one attached hydrogen (secondary N) is 1. The van der Waals surface area contributed by atoms with Crippen molar-refractivity contribution in [3.8, 4) is 5.75 Å². The zero-order valence-electron chi connectivity index (χ0n) is 18.3. The molecule has 4 rings (SSSR count). The molecule has 1 aliphatic rings. The normalized spacial score (nSPS) is 12.4. The summed E-state index contributed by atoms with van der Waals surface area (Å²) in [5.41, 5.74) is 4.56. The number of methoxy groups -OCH3 is 1. The molecule has 0 atom stereocenters. The molecule has 0 bridgehead atoms. The lowest BCUT2D eigenvalue weighted by molar-refractivity contribution is -0.118. The van der Waals surface area contributed by atoms with Gasteiger partial charge >= 0.3 is 0 Å². The van der Waals surface area contributed by atoms with E-state index in [9.17, 15) is 14.0 Å². The van der Waals surface area contributed by atoms with E-state index in [1.165, 1.54) is 23.9 Å². The molecule has 5 nitrogen and oxygen atoms in total. The number of carbonyl (C=O) groups is 2. The second-order valence-electron chi connectivity index (χ2n) is 7.79. The Morgan fingerprint density at radius 3 is 2.48 bits per heavy atom. The van der Waals surface area contributed by atoms with Crippen LogP contribution in [0.25, 0.3) is 0 Å². The van der Waals surface area contributed by atoms with Gasteiger partial charge in [-0.15, -0.1) is 11.8 Å². The lowest BCUT2D eigenvalue weighted by Crippen LogP contribution is -2.29. The zero-order valence-corrected chi connectivity index (χ0v) is 19.2. The number of fused-ring (bicyclic) bond motifs is 1. The summed E-state index contributed by atoms with van der Waals surface area (Å²) in [6.07, 6.45) is 0.809. The first kappa shape index (κ1) is 22.9. The number of halogens is 1. The fraction of sp³-hybridized carbons (Fsp3) is 0.231. The van der Waals surface area contributed by atoms with Gasteiger partial charge in [-0.2, -0.15) is 0 Å². The van der Waals surface area contributed by atoms with Crippen LogP contribution in [-0.2, 0) is 23.5 Å². The topological polar surface area (TPSA) is 58.6 Å². The number of benzene rings is 3. The van der Waals surface area contributed by atoms with Crippen LogP contribution < -0.4 is 15.0 Å². The second-order valence-corrected chi connectivity index (χ2v) is 8.78. The lowest BCUT2D eigenvalue weighted by Gasteiger charge is -2.18. The number of anilines is 1. The van der Waals surface area contributed by atoms with Gasteiger partial charge in [-0.05, 0) is 65.6 Å². The van der Waals surface area contributed by atoms with E-state index in [-0.39, 0.29) is 17.6 Å². The second kappa shape index (κ2) is 10.5. The zero-order chi connectivity index (χ0) is 23.2. The van der Waals surface area contributed by atoms with E-state index in [0.717, 1.165) is 28.8 Å². The van der Waals surface area contributed by atoms with Gasteiger partial charge in [0.05, 0.1) is 12.9 Å². The van der Waals surface area contributed by atoms with Crippen LogP contribution in [0, 0.1) is 5.82 Å². The smallest absolute Gasteiger partial charge is 0.258 e. The molecule has 0 aliphatic carbocycles. The third-order valence-corrected chi connectivity index (χ3v) is 6.54. The molecule has 0 fully saturated rings. The summed E-state index contributed by atoms with van der Waals surface area (Å²) >= 11 is 1.48. The van der Waals surface area contributed by atoms with E-state index < -0.39 is 0 Å². The van der Waals surface area contributed by atoms with E-state index in [4.69, 9.17) is 4.74 Å². The maximum absolute atomic E-state index is 13.0. The van der Waals surface area contributed by atoms with Gasteiger partial charge in [0.15, 0.2) is 0 Å². The minimum Gasteiger partial charge on any atom is -0.497 e. The van der Waals surface area contributed by atoms with Crippen LogP contribution in [0.5, 0.6) is 5.75 Å². The number of carbonyl (C=O) groups excluding carboxylic acids is 2. The Morgan fingerprint density at radius 1 is 1.03 bits per heavy atom. The van der Waals surface area contributed by atoms with E-state index in [2.05, 4.69) is 5.32 Å². The maximum Gasteiger partial charge on any atom is 0.258 e. The molecule has 0 unspecified atom stereocenters. The van der Waals surface area contributed by atoms with Gasteiger partial charge in [-0.1, -0.05) is 24.3 Å². The van der Waals surface area contributed by atoms with E-state index in [1.807, 2.05) is 18.2 Å². The Hall–Kier alpha value is -3.32. The summed E-state index contributed by atoms with van der Waals surface area (Å²) in [5, 5.41) is 2.94. The molecule has 1 aliphatic heterocycles. The van der Waals surface area contributed by atoms with Crippen molar-refractivity contribution in [2.45, 2.75) is 18.7 Å². The van der Waals surface area contributed by atoms with Crippen molar-refractivity contribution >= 4 is 29.3 Å². The molecular weight excluding hydrogens is 439 g/mol. The number of hydrogen-bond donors (Lipinski definition) is 1. The Balaban J connectivity index is 1.32. The van der Waals surface area contributed by atoms with Crippen LogP contribution in [0.3, 0.4) is 0 Å². The Morgan fingerprint density at radius 2 is 1.76 bits per heavy atom. The first-order valence-corrected chi connectivity index (χ1v) is 11.9. The fourth-order valence-corrected chi connectivity index (χ4v) is 4.55. The molecule has 0 spiro atoms. The highest BCUT2D eigenvalue weighted by atomic mass is 32.2. The predicted molar refractivity (Wildman–Crippen MR) is 129 cm³/mol. The van der Waals surface area contributed by atoms with Gasteiger partial charge in [0.1, 0.15) is 11.6 Å². The van der Waals surface area contributed by atoms with Crippen LogP contribution in [-0.4, -0.2) is 31.2 Å². The molecule has 3 aromatic carbocycles. The lowest BCUT2D eigenvalue weighted by atomic mass is 10.1. The molecule has 0 aromatic heterocycles. The molecule has 3 aromatic rings. The molecule has 0 radical (unpaired) electrons. The van der Waals surface area contributed by atoms with Crippen LogP contribution in [0.2, 0.25) is 0 Å². The fourth-order valence-electron chi connectivity index (χ4n) is 3.73. The van der Waals surface area contributed by atoms with Gasteiger partial charge in [-0.25, -0.2) is 4.39 Å². The summed E-state index contributed by atoms with van der Waals surface area (Å²) in [4.78, 5) is 27.1. The number of amides is 2. The summed E-state index contributed by atoms with van der Waals surface area (Å²) in [6.45, 7) is 1.03. The third-order valence-electron chi connectivity index (χ3n) is 5.53. The van der Waals surface area contributed by atoms with Crippen LogP contribution >= 0.6 is 11.8 Å². The van der Waals surface area contributed by atoms with Gasteiger partial charge in [-0.3, -0.25) is 9.59 Å². The van der Waals surface area contributed by atoms with Crippen LogP contribution in [0.4, 0.5) is 10.1 Å². The Kier molecular flexibility index (Phi) is 7.29. The largest absolute Gasteiger partial charge is 0.497 e. The van der Waals surface area contributed by atoms with Crippen molar-refractivity contribution in [2.75, 3.05) is 24.3 Å². The highest BCUT2D eigenvalue weighted by Crippen LogP contribution is 2.30. The van der Waals surface area contributed by atoms with Crippen molar-refractivity contribution in [1.82, 2.24) is 5.32 Å². The maximum atomic E-state index is 13.0. The van der Waals surface area contributed by atoms with Crippen molar-refractivity contribution in [2.24, 2.45) is 0 Å². The summed E-state index contributed by atoms with van der Waals surface area (Å²) in [6, 6.07) is 19.4. The molecule has 2 amide bonds. The van der Waals surface area contributed by atoms with E-state index in [0.29, 0.717) is 35.9 Å². The first-order valence-electron chi connectivity index (χ1n) is 10.7.